The minimum Gasteiger partial charge on any atom is -0.310 e. The molecule has 6 aromatic carbocycles. The van der Waals surface area contributed by atoms with E-state index in [2.05, 4.69) is 157 Å². The molecule has 6 aromatic rings. The molecule has 0 N–H and O–H groups in total. The largest absolute Gasteiger partial charge is 0.310 e. The van der Waals surface area contributed by atoms with Crippen molar-refractivity contribution in [3.05, 3.63) is 174 Å². The molecule has 0 amide bonds. The number of hydrogen-bond donors (Lipinski definition) is 0. The Kier molecular flexibility index (Phi) is 5.35. The highest BCUT2D eigenvalue weighted by molar-refractivity contribution is 5.87. The third kappa shape index (κ3) is 3.45. The molecule has 9 rings (SSSR count). The second-order valence-corrected chi connectivity index (χ2v) is 12.5. The molecule has 0 heterocycles. The van der Waals surface area contributed by atoms with Crippen molar-refractivity contribution in [2.45, 2.75) is 36.5 Å². The van der Waals surface area contributed by atoms with Crippen LogP contribution in [-0.2, 0) is 10.8 Å². The minimum atomic E-state index is 0.0481. The maximum absolute atomic E-state index is 2.46. The Morgan fingerprint density at radius 3 is 1.16 bits per heavy atom. The van der Waals surface area contributed by atoms with Crippen LogP contribution in [0.25, 0.3) is 22.3 Å². The molecule has 0 unspecified atom stereocenters. The SMILES string of the molecule is c1ccc(N(c2ccccc2)c2ccc3c(c2)-c2ccccc2C32CCC3(CC2)c2ccccc2-c2ccccc23)cc1. The summed E-state index contributed by atoms with van der Waals surface area (Å²) in [5, 5.41) is 0. The zero-order valence-corrected chi connectivity index (χ0v) is 24.2. The summed E-state index contributed by atoms with van der Waals surface area (Å²) in [6.45, 7) is 0. The molecule has 0 radical (unpaired) electrons. The molecule has 0 bridgehead atoms. The zero-order chi connectivity index (χ0) is 28.4. The maximum atomic E-state index is 2.46. The van der Waals surface area contributed by atoms with Crippen molar-refractivity contribution >= 4 is 17.1 Å². The fraction of sp³-hybridized carbons (Fsp3) is 0.143. The number of fused-ring (bicyclic) bond motifs is 10. The number of para-hydroxylation sites is 2. The van der Waals surface area contributed by atoms with Gasteiger partial charge in [-0.25, -0.2) is 0 Å². The Labute approximate surface area is 254 Å². The van der Waals surface area contributed by atoms with Crippen LogP contribution in [0.5, 0.6) is 0 Å². The monoisotopic (exact) mass is 551 g/mol. The molecule has 1 saturated carbocycles. The van der Waals surface area contributed by atoms with Gasteiger partial charge in [0.2, 0.25) is 0 Å². The standard InChI is InChI=1S/C42H33N/c1-3-13-30(14-4-1)43(31-15-5-2-6-16-31)32-23-24-40-36(29-32)35-19-9-12-22-39(35)42(40)27-25-41(26-28-42)37-20-10-7-17-33(37)34-18-8-11-21-38(34)41/h1-24,29H,25-28H2. The third-order valence-electron chi connectivity index (χ3n) is 10.7. The molecule has 3 aliphatic rings. The minimum absolute atomic E-state index is 0.0481. The van der Waals surface area contributed by atoms with Crippen molar-refractivity contribution in [1.82, 2.24) is 0 Å². The lowest BCUT2D eigenvalue weighted by atomic mass is 9.57. The summed E-state index contributed by atoms with van der Waals surface area (Å²) in [5.41, 5.74) is 15.5. The first-order valence-electron chi connectivity index (χ1n) is 15.6. The van der Waals surface area contributed by atoms with E-state index in [1.54, 1.807) is 0 Å². The van der Waals surface area contributed by atoms with E-state index in [0.29, 0.717) is 0 Å². The quantitative estimate of drug-likeness (QED) is 0.211. The Bertz CT molecular complexity index is 1890. The number of anilines is 3. The number of benzene rings is 6. The molecule has 0 saturated heterocycles. The van der Waals surface area contributed by atoms with Crippen molar-refractivity contribution < 1.29 is 0 Å². The van der Waals surface area contributed by atoms with Gasteiger partial charge in [0.15, 0.2) is 0 Å². The fourth-order valence-corrected chi connectivity index (χ4v) is 8.79. The fourth-order valence-electron chi connectivity index (χ4n) is 8.79. The molecule has 1 fully saturated rings. The molecule has 43 heavy (non-hydrogen) atoms. The van der Waals surface area contributed by atoms with Crippen LogP contribution in [0.4, 0.5) is 17.1 Å². The average molecular weight is 552 g/mol. The second-order valence-electron chi connectivity index (χ2n) is 12.5. The topological polar surface area (TPSA) is 3.24 Å². The van der Waals surface area contributed by atoms with Gasteiger partial charge in [-0.1, -0.05) is 115 Å². The van der Waals surface area contributed by atoms with Crippen molar-refractivity contribution in [2.24, 2.45) is 0 Å². The molecular formula is C42H33N. The van der Waals surface area contributed by atoms with Crippen LogP contribution in [0.2, 0.25) is 0 Å². The van der Waals surface area contributed by atoms with Crippen LogP contribution in [-0.4, -0.2) is 0 Å². The van der Waals surface area contributed by atoms with Crippen LogP contribution in [0.15, 0.2) is 152 Å². The maximum Gasteiger partial charge on any atom is 0.0468 e. The van der Waals surface area contributed by atoms with E-state index in [1.807, 2.05) is 0 Å². The van der Waals surface area contributed by atoms with Crippen molar-refractivity contribution in [2.75, 3.05) is 4.90 Å². The molecule has 206 valence electrons. The summed E-state index contributed by atoms with van der Waals surface area (Å²) in [7, 11) is 0. The van der Waals surface area contributed by atoms with Gasteiger partial charge in [-0.05, 0) is 107 Å². The van der Waals surface area contributed by atoms with Crippen LogP contribution in [0.3, 0.4) is 0 Å². The van der Waals surface area contributed by atoms with Crippen LogP contribution in [0, 0.1) is 0 Å². The van der Waals surface area contributed by atoms with E-state index in [9.17, 15) is 0 Å². The Balaban J connectivity index is 1.16. The second kappa shape index (κ2) is 9.31. The lowest BCUT2D eigenvalue weighted by Crippen LogP contribution is -2.39. The van der Waals surface area contributed by atoms with Gasteiger partial charge in [-0.3, -0.25) is 0 Å². The van der Waals surface area contributed by atoms with E-state index >= 15 is 0 Å². The van der Waals surface area contributed by atoms with E-state index in [4.69, 9.17) is 0 Å². The van der Waals surface area contributed by atoms with Crippen LogP contribution < -0.4 is 4.90 Å². The van der Waals surface area contributed by atoms with Gasteiger partial charge >= 0.3 is 0 Å². The predicted molar refractivity (Wildman–Crippen MR) is 178 cm³/mol. The van der Waals surface area contributed by atoms with Gasteiger partial charge < -0.3 is 4.90 Å². The lowest BCUT2D eigenvalue weighted by molar-refractivity contribution is 0.265. The van der Waals surface area contributed by atoms with Gasteiger partial charge in [0.1, 0.15) is 0 Å². The predicted octanol–water partition coefficient (Wildman–Crippen LogP) is 11.0. The summed E-state index contributed by atoms with van der Waals surface area (Å²) >= 11 is 0. The van der Waals surface area contributed by atoms with Crippen molar-refractivity contribution in [1.29, 1.82) is 0 Å². The first-order valence-corrected chi connectivity index (χ1v) is 15.6. The molecule has 3 aliphatic carbocycles. The Hall–Kier alpha value is -4.88. The van der Waals surface area contributed by atoms with E-state index in [-0.39, 0.29) is 10.8 Å². The Morgan fingerprint density at radius 1 is 0.326 bits per heavy atom. The zero-order valence-electron chi connectivity index (χ0n) is 24.2. The Morgan fingerprint density at radius 2 is 0.698 bits per heavy atom. The smallest absolute Gasteiger partial charge is 0.0468 e. The molecule has 1 heteroatoms. The highest BCUT2D eigenvalue weighted by Crippen LogP contribution is 2.63. The van der Waals surface area contributed by atoms with E-state index in [0.717, 1.165) is 25.7 Å². The normalized spacial score (nSPS) is 16.4. The molecule has 0 aliphatic heterocycles. The molecule has 0 aromatic heterocycles. The van der Waals surface area contributed by atoms with Gasteiger partial charge in [0.05, 0.1) is 0 Å². The summed E-state index contributed by atoms with van der Waals surface area (Å²) in [6, 6.07) is 56.3. The van der Waals surface area contributed by atoms with Gasteiger partial charge in [0.25, 0.3) is 0 Å². The third-order valence-corrected chi connectivity index (χ3v) is 10.7. The lowest BCUT2D eigenvalue weighted by Gasteiger charge is -2.45. The average Bonchev–Trinajstić information content (AvgIpc) is 3.51. The number of rotatable bonds is 3. The van der Waals surface area contributed by atoms with Gasteiger partial charge in [0, 0.05) is 27.9 Å². The van der Waals surface area contributed by atoms with E-state index in [1.165, 1.54) is 61.6 Å². The van der Waals surface area contributed by atoms with E-state index < -0.39 is 0 Å². The molecule has 0 atom stereocenters. The highest BCUT2D eigenvalue weighted by Gasteiger charge is 2.52. The first kappa shape index (κ1) is 24.7. The van der Waals surface area contributed by atoms with Gasteiger partial charge in [-0.2, -0.15) is 0 Å². The highest BCUT2D eigenvalue weighted by atomic mass is 15.1. The molecule has 2 spiro atoms. The summed E-state index contributed by atoms with van der Waals surface area (Å²) in [6.07, 6.45) is 4.63. The molecular weight excluding hydrogens is 518 g/mol. The summed E-state index contributed by atoms with van der Waals surface area (Å²) in [5.74, 6) is 0. The molecule has 1 nitrogen and oxygen atoms in total. The first-order chi connectivity index (χ1) is 21.3. The van der Waals surface area contributed by atoms with Gasteiger partial charge in [-0.15, -0.1) is 0 Å². The number of hydrogen-bond acceptors (Lipinski definition) is 1. The van der Waals surface area contributed by atoms with Crippen LogP contribution >= 0.6 is 0 Å². The van der Waals surface area contributed by atoms with Crippen LogP contribution in [0.1, 0.15) is 47.9 Å². The summed E-state index contributed by atoms with van der Waals surface area (Å²) in [4.78, 5) is 2.39. The summed E-state index contributed by atoms with van der Waals surface area (Å²) < 4.78 is 0. The number of nitrogens with zero attached hydrogens (tertiary/aromatic N) is 1. The van der Waals surface area contributed by atoms with Crippen molar-refractivity contribution in [3.63, 3.8) is 0 Å². The van der Waals surface area contributed by atoms with Crippen molar-refractivity contribution in [3.8, 4) is 22.3 Å².